The van der Waals surface area contributed by atoms with E-state index in [1.807, 2.05) is 37.3 Å². The quantitative estimate of drug-likeness (QED) is 0.864. The number of nitrogens with one attached hydrogen (secondary N) is 1. The number of benzene rings is 1. The number of nitrogens with zero attached hydrogens (tertiary/aromatic N) is 1. The summed E-state index contributed by atoms with van der Waals surface area (Å²) in [5, 5.41) is 3.33. The Hall–Kier alpha value is -1.68. The first-order valence-corrected chi connectivity index (χ1v) is 7.80. The van der Waals surface area contributed by atoms with Crippen molar-refractivity contribution in [1.82, 2.24) is 10.2 Å². The summed E-state index contributed by atoms with van der Waals surface area (Å²) in [7, 11) is 0. The summed E-state index contributed by atoms with van der Waals surface area (Å²) in [5.74, 6) is 0.105. The van der Waals surface area contributed by atoms with Gasteiger partial charge >= 0.3 is 0 Å². The maximum atomic E-state index is 12.7. The van der Waals surface area contributed by atoms with E-state index in [0.29, 0.717) is 12.3 Å². The molecule has 3 rings (SSSR count). The third kappa shape index (κ3) is 2.72. The first kappa shape index (κ1) is 14.3. The van der Waals surface area contributed by atoms with Crippen LogP contribution in [-0.2, 0) is 9.59 Å². The Bertz CT molecular complexity index is 523. The van der Waals surface area contributed by atoms with E-state index in [2.05, 4.69) is 5.32 Å². The number of hydrogen-bond donors (Lipinski definition) is 1. The van der Waals surface area contributed by atoms with Crippen LogP contribution in [0, 0.1) is 5.92 Å². The molecular formula is C17H22N2O2. The highest BCUT2D eigenvalue weighted by Gasteiger charge is 2.43. The molecule has 2 unspecified atom stereocenters. The van der Waals surface area contributed by atoms with Gasteiger partial charge in [-0.2, -0.15) is 0 Å². The molecule has 0 aromatic heterocycles. The van der Waals surface area contributed by atoms with Crippen molar-refractivity contribution in [1.29, 1.82) is 0 Å². The monoisotopic (exact) mass is 286 g/mol. The summed E-state index contributed by atoms with van der Waals surface area (Å²) in [6.07, 6.45) is 2.39. The Kier molecular flexibility index (Phi) is 4.06. The molecule has 0 spiro atoms. The van der Waals surface area contributed by atoms with Crippen LogP contribution in [0.25, 0.3) is 0 Å². The largest absolute Gasteiger partial charge is 0.317 e. The molecule has 112 valence electrons. The molecule has 0 radical (unpaired) electrons. The standard InChI is InChI=1S/C17H22N2O2/c1-12(13-7-9-18-10-8-13)19-16(20)11-15(17(19)21)14-5-3-2-4-6-14/h2-6,12-13,15,18H,7-11H2,1H3. The van der Waals surface area contributed by atoms with Gasteiger partial charge in [0, 0.05) is 12.5 Å². The van der Waals surface area contributed by atoms with Crippen molar-refractivity contribution in [2.45, 2.75) is 38.1 Å². The van der Waals surface area contributed by atoms with Gasteiger partial charge in [-0.3, -0.25) is 14.5 Å². The lowest BCUT2D eigenvalue weighted by molar-refractivity contribution is -0.142. The molecule has 0 saturated carbocycles. The predicted molar refractivity (Wildman–Crippen MR) is 80.7 cm³/mol. The van der Waals surface area contributed by atoms with E-state index in [-0.39, 0.29) is 23.8 Å². The third-order valence-electron chi connectivity index (χ3n) is 4.86. The average Bonchev–Trinajstić information content (AvgIpc) is 2.83. The maximum Gasteiger partial charge on any atom is 0.237 e. The summed E-state index contributed by atoms with van der Waals surface area (Å²) in [4.78, 5) is 26.6. The lowest BCUT2D eigenvalue weighted by atomic mass is 9.90. The normalized spacial score (nSPS) is 25.4. The highest BCUT2D eigenvalue weighted by atomic mass is 16.2. The van der Waals surface area contributed by atoms with E-state index in [1.54, 1.807) is 0 Å². The van der Waals surface area contributed by atoms with Crippen LogP contribution in [-0.4, -0.2) is 35.8 Å². The fourth-order valence-corrected chi connectivity index (χ4v) is 3.56. The summed E-state index contributed by atoms with van der Waals surface area (Å²) >= 11 is 0. The van der Waals surface area contributed by atoms with Crippen LogP contribution in [0.15, 0.2) is 30.3 Å². The number of imide groups is 1. The summed E-state index contributed by atoms with van der Waals surface area (Å²) in [6.45, 7) is 3.99. The van der Waals surface area contributed by atoms with Crippen LogP contribution in [0.1, 0.15) is 37.7 Å². The molecule has 1 aromatic rings. The van der Waals surface area contributed by atoms with Gasteiger partial charge in [-0.25, -0.2) is 0 Å². The van der Waals surface area contributed by atoms with Gasteiger partial charge in [-0.15, -0.1) is 0 Å². The number of rotatable bonds is 3. The molecule has 2 fully saturated rings. The van der Waals surface area contributed by atoms with Gasteiger partial charge < -0.3 is 5.32 Å². The van der Waals surface area contributed by atoms with E-state index in [9.17, 15) is 9.59 Å². The highest BCUT2D eigenvalue weighted by Crippen LogP contribution is 2.33. The Morgan fingerprint density at radius 1 is 1.14 bits per heavy atom. The first-order chi connectivity index (χ1) is 10.2. The zero-order chi connectivity index (χ0) is 14.8. The van der Waals surface area contributed by atoms with Gasteiger partial charge in [0.25, 0.3) is 0 Å². The van der Waals surface area contributed by atoms with Crippen molar-refractivity contribution in [2.24, 2.45) is 5.92 Å². The van der Waals surface area contributed by atoms with E-state index in [4.69, 9.17) is 0 Å². The number of likely N-dealkylation sites (tertiary alicyclic amines) is 1. The van der Waals surface area contributed by atoms with Crippen molar-refractivity contribution >= 4 is 11.8 Å². The smallest absolute Gasteiger partial charge is 0.237 e. The fourth-order valence-electron chi connectivity index (χ4n) is 3.56. The molecule has 0 aliphatic carbocycles. The van der Waals surface area contributed by atoms with Crippen LogP contribution >= 0.6 is 0 Å². The van der Waals surface area contributed by atoms with Gasteiger partial charge in [-0.1, -0.05) is 30.3 Å². The number of carbonyl (C=O) groups is 2. The lowest BCUT2D eigenvalue weighted by Crippen LogP contribution is -2.45. The van der Waals surface area contributed by atoms with Gasteiger partial charge in [0.05, 0.1) is 5.92 Å². The van der Waals surface area contributed by atoms with Gasteiger partial charge in [0.15, 0.2) is 0 Å². The molecule has 1 N–H and O–H groups in total. The molecule has 2 aliphatic rings. The van der Waals surface area contributed by atoms with Crippen molar-refractivity contribution in [3.05, 3.63) is 35.9 Å². The molecule has 1 aromatic carbocycles. The van der Waals surface area contributed by atoms with Gasteiger partial charge in [0.2, 0.25) is 11.8 Å². The lowest BCUT2D eigenvalue weighted by Gasteiger charge is -2.33. The Labute approximate surface area is 125 Å². The molecule has 2 heterocycles. The van der Waals surface area contributed by atoms with Gasteiger partial charge in [0.1, 0.15) is 0 Å². The number of hydrogen-bond acceptors (Lipinski definition) is 3. The third-order valence-corrected chi connectivity index (χ3v) is 4.86. The van der Waals surface area contributed by atoms with Gasteiger partial charge in [-0.05, 0) is 44.3 Å². The van der Waals surface area contributed by atoms with Crippen LogP contribution in [0.5, 0.6) is 0 Å². The molecule has 2 amide bonds. The average molecular weight is 286 g/mol. The van der Waals surface area contributed by atoms with Crippen molar-refractivity contribution in [3.8, 4) is 0 Å². The molecular weight excluding hydrogens is 264 g/mol. The Morgan fingerprint density at radius 2 is 1.81 bits per heavy atom. The minimum atomic E-state index is -0.289. The van der Waals surface area contributed by atoms with Crippen molar-refractivity contribution < 1.29 is 9.59 Å². The van der Waals surface area contributed by atoms with Crippen LogP contribution in [0.3, 0.4) is 0 Å². The van der Waals surface area contributed by atoms with E-state index >= 15 is 0 Å². The van der Waals surface area contributed by atoms with Crippen LogP contribution in [0.4, 0.5) is 0 Å². The summed E-state index contributed by atoms with van der Waals surface area (Å²) in [5.41, 5.74) is 0.955. The first-order valence-electron chi connectivity index (χ1n) is 7.80. The van der Waals surface area contributed by atoms with E-state index in [1.165, 1.54) is 4.90 Å². The van der Waals surface area contributed by atoms with Crippen LogP contribution < -0.4 is 5.32 Å². The molecule has 4 nitrogen and oxygen atoms in total. The fraction of sp³-hybridized carbons (Fsp3) is 0.529. The molecule has 2 aliphatic heterocycles. The number of piperidine rings is 1. The Balaban J connectivity index is 1.77. The second-order valence-corrected chi connectivity index (χ2v) is 6.10. The number of carbonyl (C=O) groups excluding carboxylic acids is 2. The molecule has 2 atom stereocenters. The molecule has 0 bridgehead atoms. The predicted octanol–water partition coefficient (Wildman–Crippen LogP) is 1.92. The van der Waals surface area contributed by atoms with Crippen molar-refractivity contribution in [2.75, 3.05) is 13.1 Å². The SMILES string of the molecule is CC(C1CCNCC1)N1C(=O)CC(c2ccccc2)C1=O. The minimum Gasteiger partial charge on any atom is -0.317 e. The molecule has 21 heavy (non-hydrogen) atoms. The topological polar surface area (TPSA) is 49.4 Å². The number of amides is 2. The molecule has 2 saturated heterocycles. The second-order valence-electron chi connectivity index (χ2n) is 6.10. The van der Waals surface area contributed by atoms with E-state index in [0.717, 1.165) is 31.5 Å². The minimum absolute atomic E-state index is 0.0140. The summed E-state index contributed by atoms with van der Waals surface area (Å²) in [6, 6.07) is 9.67. The Morgan fingerprint density at radius 3 is 2.48 bits per heavy atom. The molecule has 4 heteroatoms. The zero-order valence-electron chi connectivity index (χ0n) is 12.4. The van der Waals surface area contributed by atoms with Crippen molar-refractivity contribution in [3.63, 3.8) is 0 Å². The highest BCUT2D eigenvalue weighted by molar-refractivity contribution is 6.06. The van der Waals surface area contributed by atoms with E-state index < -0.39 is 0 Å². The maximum absolute atomic E-state index is 12.7. The zero-order valence-corrected chi connectivity index (χ0v) is 12.4. The second kappa shape index (κ2) is 5.98. The summed E-state index contributed by atoms with van der Waals surface area (Å²) < 4.78 is 0. The van der Waals surface area contributed by atoms with Crippen LogP contribution in [0.2, 0.25) is 0 Å².